The van der Waals surface area contributed by atoms with Gasteiger partial charge in [-0.25, -0.2) is 4.31 Å². The average molecular weight is 396 g/mol. The van der Waals surface area contributed by atoms with Crippen LogP contribution in [0.2, 0.25) is 0 Å². The summed E-state index contributed by atoms with van der Waals surface area (Å²) in [6.45, 7) is 9.95. The maximum atomic E-state index is 13.0. The van der Waals surface area contributed by atoms with Crippen LogP contribution in [0.1, 0.15) is 37.9 Å². The van der Waals surface area contributed by atoms with Crippen molar-refractivity contribution < 1.29 is 13.2 Å². The molecule has 0 saturated heterocycles. The van der Waals surface area contributed by atoms with Crippen LogP contribution in [0.3, 0.4) is 0 Å². The molecule has 0 bridgehead atoms. The predicted molar refractivity (Wildman–Crippen MR) is 94.3 cm³/mol. The second kappa shape index (κ2) is 6.89. The second-order valence-corrected chi connectivity index (χ2v) is 9.42. The fourth-order valence-electron chi connectivity index (χ4n) is 2.01. The normalized spacial score (nSPS) is 15.7. The Balaban J connectivity index is 3.29. The average Bonchev–Trinajstić information content (AvgIpc) is 2.35. The summed E-state index contributed by atoms with van der Waals surface area (Å²) in [6.07, 6.45) is -2.72. The van der Waals surface area contributed by atoms with E-state index in [4.69, 9.17) is 0 Å². The summed E-state index contributed by atoms with van der Waals surface area (Å²) >= 11 is 3.16. The lowest BCUT2D eigenvalue weighted by Crippen LogP contribution is -2.26. The first kappa shape index (κ1) is 19.5. The molecule has 6 heteroatoms. The van der Waals surface area contributed by atoms with Crippen molar-refractivity contribution in [3.8, 4) is 0 Å². The number of alkyl halides is 3. The Hall–Kier alpha value is -0.590. The fourth-order valence-corrected chi connectivity index (χ4v) is 3.87. The summed E-state index contributed by atoms with van der Waals surface area (Å²) < 4.78 is 41.3. The minimum Gasteiger partial charge on any atom is -0.248 e. The highest BCUT2D eigenvalue weighted by atomic mass is 79.9. The van der Waals surface area contributed by atoms with Gasteiger partial charge in [-0.1, -0.05) is 48.6 Å². The molecule has 0 amide bonds. The number of likely N-dealkylation sites (N-methyl/N-ethyl adjacent to an activating group) is 1. The second-order valence-electron chi connectivity index (χ2n) is 5.97. The zero-order valence-corrected chi connectivity index (χ0v) is 15.6. The summed E-state index contributed by atoms with van der Waals surface area (Å²) in [5.74, 6) is 4.17. The highest BCUT2D eigenvalue weighted by molar-refractivity contribution is 9.10. The topological polar surface area (TPSA) is 3.24 Å². The summed E-state index contributed by atoms with van der Waals surface area (Å²) in [4.78, 5) is 0. The molecular formula is C16H21BrF3NS. The molecule has 1 nitrogen and oxygen atoms in total. The van der Waals surface area contributed by atoms with E-state index in [1.54, 1.807) is 12.1 Å². The van der Waals surface area contributed by atoms with Crippen LogP contribution in [0.15, 0.2) is 35.3 Å². The fraction of sp³-hybridized carbons (Fsp3) is 0.438. The van der Waals surface area contributed by atoms with Crippen molar-refractivity contribution in [2.75, 3.05) is 7.05 Å². The molecule has 0 fully saturated rings. The van der Waals surface area contributed by atoms with E-state index in [1.165, 1.54) is 6.07 Å². The molecule has 0 aromatic heterocycles. The SMILES string of the molecule is C=C[C@H](c1cc(Br)cc(C(F)(F)F)c1)N(C)S(=C)C(C)(C)C. The zero-order valence-electron chi connectivity index (χ0n) is 13.2. The van der Waals surface area contributed by atoms with E-state index in [0.717, 1.165) is 6.07 Å². The van der Waals surface area contributed by atoms with Gasteiger partial charge >= 0.3 is 6.18 Å². The van der Waals surface area contributed by atoms with Crippen LogP contribution in [0.4, 0.5) is 13.2 Å². The van der Waals surface area contributed by atoms with Crippen LogP contribution in [0.25, 0.3) is 0 Å². The van der Waals surface area contributed by atoms with Gasteiger partial charge in [0.15, 0.2) is 0 Å². The Morgan fingerprint density at radius 3 is 2.18 bits per heavy atom. The molecule has 1 unspecified atom stereocenters. The first-order valence-electron chi connectivity index (χ1n) is 6.65. The van der Waals surface area contributed by atoms with Crippen LogP contribution in [0.5, 0.6) is 0 Å². The third-order valence-electron chi connectivity index (χ3n) is 3.26. The molecule has 1 aromatic rings. The lowest BCUT2D eigenvalue weighted by atomic mass is 10.0. The lowest BCUT2D eigenvalue weighted by Gasteiger charge is -2.36. The Bertz CT molecular complexity index is 576. The molecule has 124 valence electrons. The van der Waals surface area contributed by atoms with E-state index >= 15 is 0 Å². The highest BCUT2D eigenvalue weighted by Crippen LogP contribution is 2.40. The minimum absolute atomic E-state index is 0.0745. The molecule has 22 heavy (non-hydrogen) atoms. The number of nitrogens with zero attached hydrogens (tertiary/aromatic N) is 1. The summed E-state index contributed by atoms with van der Waals surface area (Å²) in [5.41, 5.74) is -0.124. The van der Waals surface area contributed by atoms with Crippen molar-refractivity contribution >= 4 is 32.5 Å². The number of rotatable bonds is 4. The highest BCUT2D eigenvalue weighted by Gasteiger charge is 2.32. The quantitative estimate of drug-likeness (QED) is 0.443. The zero-order chi connectivity index (χ0) is 17.3. The van der Waals surface area contributed by atoms with Gasteiger partial charge in [0.1, 0.15) is 0 Å². The summed E-state index contributed by atoms with van der Waals surface area (Å²) in [6, 6.07) is 3.61. The number of halogens is 4. The van der Waals surface area contributed by atoms with Crippen molar-refractivity contribution in [1.29, 1.82) is 0 Å². The number of benzene rings is 1. The van der Waals surface area contributed by atoms with E-state index in [-0.39, 0.29) is 21.5 Å². The smallest absolute Gasteiger partial charge is 0.248 e. The first-order chi connectivity index (χ1) is 9.87. The third-order valence-corrected chi connectivity index (χ3v) is 6.05. The Labute approximate surface area is 141 Å². The molecular weight excluding hydrogens is 375 g/mol. The van der Waals surface area contributed by atoms with Crippen LogP contribution in [-0.2, 0) is 6.18 Å². The van der Waals surface area contributed by atoms with Crippen LogP contribution in [0, 0.1) is 0 Å². The number of hydrogen-bond acceptors (Lipinski definition) is 1. The molecule has 0 N–H and O–H groups in total. The lowest BCUT2D eigenvalue weighted by molar-refractivity contribution is -0.137. The number of hydrogen-bond donors (Lipinski definition) is 0. The van der Waals surface area contributed by atoms with Gasteiger partial charge in [0.25, 0.3) is 0 Å². The Kier molecular flexibility index (Phi) is 6.09. The molecule has 0 spiro atoms. The Morgan fingerprint density at radius 2 is 1.77 bits per heavy atom. The Morgan fingerprint density at radius 1 is 1.23 bits per heavy atom. The minimum atomic E-state index is -4.38. The summed E-state index contributed by atoms with van der Waals surface area (Å²) in [7, 11) is 1.48. The third kappa shape index (κ3) is 4.70. The molecule has 0 aliphatic heterocycles. The van der Waals surface area contributed by atoms with Gasteiger partial charge in [-0.15, -0.1) is 17.2 Å². The summed E-state index contributed by atoms with van der Waals surface area (Å²) in [5, 5.41) is 0. The van der Waals surface area contributed by atoms with E-state index in [2.05, 4.69) is 49.2 Å². The van der Waals surface area contributed by atoms with Crippen LogP contribution < -0.4 is 0 Å². The van der Waals surface area contributed by atoms with Gasteiger partial charge in [-0.3, -0.25) is 0 Å². The maximum Gasteiger partial charge on any atom is 0.416 e. The van der Waals surface area contributed by atoms with Crippen molar-refractivity contribution in [2.45, 2.75) is 37.7 Å². The van der Waals surface area contributed by atoms with Gasteiger partial charge in [0.05, 0.1) is 11.6 Å². The van der Waals surface area contributed by atoms with E-state index in [9.17, 15) is 13.2 Å². The molecule has 1 aromatic carbocycles. The monoisotopic (exact) mass is 395 g/mol. The van der Waals surface area contributed by atoms with Gasteiger partial charge in [0, 0.05) is 9.22 Å². The standard InChI is InChI=1S/C16H21BrF3NS/c1-7-14(21(5)22(6)15(2,3)4)11-8-12(16(18,19)20)10-13(17)9-11/h7-10,14H,1,6H2,2-5H3/t14-,22?/m1/s1. The van der Waals surface area contributed by atoms with Crippen LogP contribution in [-0.4, -0.2) is 22.0 Å². The van der Waals surface area contributed by atoms with Gasteiger partial charge in [-0.05, 0) is 30.8 Å². The molecule has 0 saturated carbocycles. The van der Waals surface area contributed by atoms with Crippen LogP contribution >= 0.6 is 26.6 Å². The van der Waals surface area contributed by atoms with Crippen molar-refractivity contribution in [3.05, 3.63) is 46.5 Å². The molecule has 0 radical (unpaired) electrons. The predicted octanol–water partition coefficient (Wildman–Crippen LogP) is 6.04. The van der Waals surface area contributed by atoms with E-state index in [1.807, 2.05) is 11.4 Å². The van der Waals surface area contributed by atoms with Crippen molar-refractivity contribution in [3.63, 3.8) is 0 Å². The van der Waals surface area contributed by atoms with E-state index in [0.29, 0.717) is 10.0 Å². The first-order valence-corrected chi connectivity index (χ1v) is 8.79. The van der Waals surface area contributed by atoms with Gasteiger partial charge < -0.3 is 0 Å². The van der Waals surface area contributed by atoms with Crippen molar-refractivity contribution in [2.24, 2.45) is 0 Å². The molecule has 0 heterocycles. The molecule has 0 aliphatic rings. The van der Waals surface area contributed by atoms with Crippen molar-refractivity contribution in [1.82, 2.24) is 4.31 Å². The largest absolute Gasteiger partial charge is 0.416 e. The van der Waals surface area contributed by atoms with Gasteiger partial charge in [0.2, 0.25) is 0 Å². The molecule has 2 atom stereocenters. The van der Waals surface area contributed by atoms with E-state index < -0.39 is 11.7 Å². The molecule has 0 aliphatic carbocycles. The van der Waals surface area contributed by atoms with Gasteiger partial charge in [-0.2, -0.15) is 13.2 Å². The molecule has 1 rings (SSSR count). The maximum absolute atomic E-state index is 13.0.